The summed E-state index contributed by atoms with van der Waals surface area (Å²) in [7, 11) is 0. The Morgan fingerprint density at radius 3 is 2.54 bits per heavy atom. The summed E-state index contributed by atoms with van der Waals surface area (Å²) >= 11 is 3.51. The van der Waals surface area contributed by atoms with Crippen molar-refractivity contribution < 1.29 is 12.9 Å². The maximum absolute atomic E-state index is 10.1. The van der Waals surface area contributed by atoms with E-state index in [2.05, 4.69) is 4.18 Å². The fourth-order valence-electron chi connectivity index (χ4n) is 0.882. The molecule has 3 nitrogen and oxygen atoms in total. The summed E-state index contributed by atoms with van der Waals surface area (Å²) in [5.74, 6) is 0. The second kappa shape index (κ2) is 5.34. The van der Waals surface area contributed by atoms with Crippen molar-refractivity contribution in [3.8, 4) is 0 Å². The third-order valence-corrected chi connectivity index (χ3v) is 2.11. The summed E-state index contributed by atoms with van der Waals surface area (Å²) in [6.45, 7) is 0.227. The highest BCUT2D eigenvalue weighted by Gasteiger charge is 1.96. The Hall–Kier alpha value is -0.420. The molecule has 0 saturated heterocycles. The van der Waals surface area contributed by atoms with Gasteiger partial charge in [0.25, 0.3) is 0 Å². The van der Waals surface area contributed by atoms with Crippen molar-refractivity contribution in [2.45, 2.75) is 6.42 Å². The Bertz CT molecular complexity index is 286. The molecule has 1 aromatic rings. The average molecular weight is 221 g/mol. The lowest BCUT2D eigenvalue weighted by Gasteiger charge is -1.99. The van der Waals surface area contributed by atoms with E-state index in [0.29, 0.717) is 11.4 Å². The van der Waals surface area contributed by atoms with E-state index in [1.807, 2.05) is 12.1 Å². The molecule has 0 spiro atoms. The van der Waals surface area contributed by atoms with Crippen LogP contribution >= 0.6 is 11.6 Å². The van der Waals surface area contributed by atoms with Gasteiger partial charge in [0, 0.05) is 5.02 Å². The molecular formula is C8H9ClO3S. The minimum Gasteiger partial charge on any atom is -0.284 e. The van der Waals surface area contributed by atoms with Crippen molar-refractivity contribution in [2.75, 3.05) is 6.61 Å². The molecule has 0 amide bonds. The standard InChI is InChI=1S/C8H9ClO3S/c9-8-3-1-7(2-4-8)5-6-12-13(10)11/h1-4H,5-6H2,(H,10,11). The van der Waals surface area contributed by atoms with Crippen molar-refractivity contribution in [3.05, 3.63) is 34.9 Å². The zero-order chi connectivity index (χ0) is 9.68. The lowest BCUT2D eigenvalue weighted by Crippen LogP contribution is -2.00. The minimum absolute atomic E-state index is 0.227. The smallest absolute Gasteiger partial charge is 0.284 e. The molecule has 0 aliphatic heterocycles. The van der Waals surface area contributed by atoms with E-state index >= 15 is 0 Å². The SMILES string of the molecule is O=S(O)OCCc1ccc(Cl)cc1. The lowest BCUT2D eigenvalue weighted by molar-refractivity contribution is 0.310. The number of benzene rings is 1. The monoisotopic (exact) mass is 220 g/mol. The molecule has 1 unspecified atom stereocenters. The van der Waals surface area contributed by atoms with E-state index in [9.17, 15) is 4.21 Å². The van der Waals surface area contributed by atoms with E-state index in [1.54, 1.807) is 12.1 Å². The van der Waals surface area contributed by atoms with Gasteiger partial charge >= 0.3 is 11.4 Å². The largest absolute Gasteiger partial charge is 0.301 e. The van der Waals surface area contributed by atoms with Gasteiger partial charge in [-0.05, 0) is 24.1 Å². The Labute approximate surface area is 84.2 Å². The van der Waals surface area contributed by atoms with Gasteiger partial charge in [-0.15, -0.1) is 0 Å². The molecule has 0 aromatic heterocycles. The highest BCUT2D eigenvalue weighted by molar-refractivity contribution is 7.74. The van der Waals surface area contributed by atoms with E-state index in [4.69, 9.17) is 16.2 Å². The Balaban J connectivity index is 2.37. The summed E-state index contributed by atoms with van der Waals surface area (Å²) in [6.07, 6.45) is 0.601. The van der Waals surface area contributed by atoms with E-state index < -0.39 is 11.4 Å². The zero-order valence-corrected chi connectivity index (χ0v) is 8.35. The molecule has 0 bridgehead atoms. The second-order valence-electron chi connectivity index (χ2n) is 2.42. The van der Waals surface area contributed by atoms with Crippen LogP contribution in [0.3, 0.4) is 0 Å². The molecule has 1 N–H and O–H groups in total. The minimum atomic E-state index is -2.17. The van der Waals surface area contributed by atoms with Crippen LogP contribution in [0.1, 0.15) is 5.56 Å². The van der Waals surface area contributed by atoms with E-state index in [-0.39, 0.29) is 6.61 Å². The predicted molar refractivity (Wildman–Crippen MR) is 51.9 cm³/mol. The maximum atomic E-state index is 10.1. The van der Waals surface area contributed by atoms with Crippen LogP contribution in [0.15, 0.2) is 24.3 Å². The Morgan fingerprint density at radius 1 is 1.38 bits per heavy atom. The van der Waals surface area contributed by atoms with Crippen LogP contribution in [0.4, 0.5) is 0 Å². The molecule has 0 fully saturated rings. The van der Waals surface area contributed by atoms with Gasteiger partial charge in [0.15, 0.2) is 0 Å². The molecule has 0 heterocycles. The molecule has 0 aliphatic rings. The van der Waals surface area contributed by atoms with Gasteiger partial charge in [-0.1, -0.05) is 23.7 Å². The van der Waals surface area contributed by atoms with Gasteiger partial charge in [-0.2, -0.15) is 4.21 Å². The van der Waals surface area contributed by atoms with Crippen LogP contribution in [0, 0.1) is 0 Å². The average Bonchev–Trinajstić information content (AvgIpc) is 2.08. The number of hydrogen-bond acceptors (Lipinski definition) is 2. The van der Waals surface area contributed by atoms with Crippen molar-refractivity contribution in [1.29, 1.82) is 0 Å². The summed E-state index contributed by atoms with van der Waals surface area (Å²) in [5.41, 5.74) is 1.02. The van der Waals surface area contributed by atoms with Crippen LogP contribution in [-0.4, -0.2) is 15.4 Å². The van der Waals surface area contributed by atoms with E-state index in [0.717, 1.165) is 5.56 Å². The first-order chi connectivity index (χ1) is 6.18. The van der Waals surface area contributed by atoms with Crippen LogP contribution in [0.5, 0.6) is 0 Å². The molecule has 5 heteroatoms. The van der Waals surface area contributed by atoms with Gasteiger partial charge in [-0.25, -0.2) is 0 Å². The highest BCUT2D eigenvalue weighted by atomic mass is 35.5. The first kappa shape index (κ1) is 10.7. The van der Waals surface area contributed by atoms with Crippen LogP contribution in [0.25, 0.3) is 0 Å². The van der Waals surface area contributed by atoms with Crippen LogP contribution in [-0.2, 0) is 22.0 Å². The fourth-order valence-corrected chi connectivity index (χ4v) is 1.23. The molecular weight excluding hydrogens is 212 g/mol. The van der Waals surface area contributed by atoms with Crippen molar-refractivity contribution in [1.82, 2.24) is 0 Å². The summed E-state index contributed by atoms with van der Waals surface area (Å²) in [5, 5.41) is 0.676. The number of rotatable bonds is 4. The van der Waals surface area contributed by atoms with Crippen molar-refractivity contribution in [3.63, 3.8) is 0 Å². The maximum Gasteiger partial charge on any atom is 0.301 e. The summed E-state index contributed by atoms with van der Waals surface area (Å²) in [6, 6.07) is 7.25. The summed E-state index contributed by atoms with van der Waals surface area (Å²) < 4.78 is 22.9. The second-order valence-corrected chi connectivity index (χ2v) is 3.52. The topological polar surface area (TPSA) is 46.5 Å². The first-order valence-electron chi connectivity index (χ1n) is 3.67. The van der Waals surface area contributed by atoms with Crippen molar-refractivity contribution >= 4 is 23.0 Å². The first-order valence-corrected chi connectivity index (χ1v) is 5.08. The Morgan fingerprint density at radius 2 is 2.00 bits per heavy atom. The molecule has 72 valence electrons. The third-order valence-electron chi connectivity index (χ3n) is 1.49. The molecule has 1 rings (SSSR count). The lowest BCUT2D eigenvalue weighted by atomic mass is 10.2. The third kappa shape index (κ3) is 4.38. The predicted octanol–water partition coefficient (Wildman–Crippen LogP) is 2.04. The molecule has 0 saturated carbocycles. The highest BCUT2D eigenvalue weighted by Crippen LogP contribution is 2.09. The van der Waals surface area contributed by atoms with Gasteiger partial charge < -0.3 is 0 Å². The molecule has 0 radical (unpaired) electrons. The van der Waals surface area contributed by atoms with Crippen LogP contribution < -0.4 is 0 Å². The van der Waals surface area contributed by atoms with Gasteiger partial charge in [0.1, 0.15) is 0 Å². The zero-order valence-electron chi connectivity index (χ0n) is 6.77. The molecule has 1 aromatic carbocycles. The van der Waals surface area contributed by atoms with Gasteiger partial charge in [-0.3, -0.25) is 8.74 Å². The van der Waals surface area contributed by atoms with E-state index in [1.165, 1.54) is 0 Å². The summed E-state index contributed by atoms with van der Waals surface area (Å²) in [4.78, 5) is 0. The normalized spacial score (nSPS) is 12.8. The van der Waals surface area contributed by atoms with Crippen LogP contribution in [0.2, 0.25) is 5.02 Å². The van der Waals surface area contributed by atoms with Gasteiger partial charge in [0.2, 0.25) is 0 Å². The van der Waals surface area contributed by atoms with Crippen molar-refractivity contribution in [2.24, 2.45) is 0 Å². The molecule has 13 heavy (non-hydrogen) atoms. The quantitative estimate of drug-likeness (QED) is 0.790. The molecule has 1 atom stereocenters. The Kier molecular flexibility index (Phi) is 4.38. The molecule has 0 aliphatic carbocycles. The fraction of sp³-hybridized carbons (Fsp3) is 0.250. The number of halogens is 1. The number of hydrogen-bond donors (Lipinski definition) is 1. The van der Waals surface area contributed by atoms with Gasteiger partial charge in [0.05, 0.1) is 6.61 Å².